The number of sulfonamides is 1. The Hall–Kier alpha value is -2.78. The van der Waals surface area contributed by atoms with Crippen LogP contribution in [0.15, 0.2) is 59.6 Å². The van der Waals surface area contributed by atoms with Gasteiger partial charge in [-0.25, -0.2) is 8.42 Å². The molecule has 2 heterocycles. The Morgan fingerprint density at radius 2 is 1.88 bits per heavy atom. The van der Waals surface area contributed by atoms with E-state index in [4.69, 9.17) is 0 Å². The molecule has 0 radical (unpaired) electrons. The molecule has 0 aliphatic carbocycles. The minimum Gasteiger partial charge on any atom is -0.356 e. The van der Waals surface area contributed by atoms with Crippen LogP contribution in [0.25, 0.3) is 0 Å². The molecule has 1 saturated heterocycles. The number of pyridine rings is 1. The second kappa shape index (κ2) is 11.9. The molecule has 1 aliphatic heterocycles. The molecule has 33 heavy (non-hydrogen) atoms. The van der Waals surface area contributed by atoms with Crippen LogP contribution in [-0.2, 0) is 26.0 Å². The van der Waals surface area contributed by atoms with Crippen molar-refractivity contribution in [1.82, 2.24) is 19.5 Å². The quantitative estimate of drug-likeness (QED) is 0.694. The van der Waals surface area contributed by atoms with Gasteiger partial charge in [0.2, 0.25) is 21.8 Å². The van der Waals surface area contributed by atoms with Crippen LogP contribution in [0.1, 0.15) is 31.4 Å². The van der Waals surface area contributed by atoms with Gasteiger partial charge in [-0.1, -0.05) is 24.3 Å². The lowest BCUT2D eigenvalue weighted by molar-refractivity contribution is -0.134. The van der Waals surface area contributed by atoms with Gasteiger partial charge in [-0.15, -0.1) is 0 Å². The fourth-order valence-corrected chi connectivity index (χ4v) is 5.45. The van der Waals surface area contributed by atoms with Crippen LogP contribution >= 0.6 is 0 Å². The summed E-state index contributed by atoms with van der Waals surface area (Å²) in [7, 11) is -1.93. The third kappa shape index (κ3) is 7.10. The van der Waals surface area contributed by atoms with E-state index in [1.165, 1.54) is 4.31 Å². The Balaban J connectivity index is 1.65. The molecule has 2 aromatic rings. The van der Waals surface area contributed by atoms with E-state index in [-0.39, 0.29) is 42.1 Å². The molecule has 9 heteroatoms. The molecule has 0 saturated carbocycles. The average molecular weight is 473 g/mol. The maximum Gasteiger partial charge on any atom is 0.243 e. The van der Waals surface area contributed by atoms with Gasteiger partial charge in [0.15, 0.2) is 0 Å². The van der Waals surface area contributed by atoms with E-state index in [0.717, 1.165) is 5.69 Å². The van der Waals surface area contributed by atoms with Crippen molar-refractivity contribution in [3.05, 3.63) is 60.4 Å². The number of carbonyl (C=O) groups is 2. The standard InChI is InChI=1S/C24H32N4O4S/c1-27(18-13-21-9-5-6-15-25-21)24(30)20-8-7-17-28(19-14-23(29)26-16-12-20)33(31,32)22-10-3-2-4-11-22/h2-6,9-11,15,20H,7-8,12-14,16-19H2,1H3,(H,26,29). The van der Waals surface area contributed by atoms with Crippen LogP contribution in [0.3, 0.4) is 0 Å². The first-order valence-corrected chi connectivity index (χ1v) is 12.8. The highest BCUT2D eigenvalue weighted by molar-refractivity contribution is 7.89. The summed E-state index contributed by atoms with van der Waals surface area (Å²) in [5.74, 6) is -0.477. The molecule has 3 rings (SSSR count). The number of rotatable bonds is 6. The number of hydrogen-bond donors (Lipinski definition) is 1. The molecular formula is C24H32N4O4S. The topological polar surface area (TPSA) is 99.7 Å². The Morgan fingerprint density at radius 3 is 2.61 bits per heavy atom. The first-order valence-electron chi connectivity index (χ1n) is 11.3. The molecule has 0 bridgehead atoms. The number of benzene rings is 1. The zero-order chi connectivity index (χ0) is 23.7. The molecule has 1 atom stereocenters. The zero-order valence-electron chi connectivity index (χ0n) is 19.0. The molecule has 1 aromatic carbocycles. The molecule has 1 aromatic heterocycles. The predicted molar refractivity (Wildman–Crippen MR) is 126 cm³/mol. The summed E-state index contributed by atoms with van der Waals surface area (Å²) in [6, 6.07) is 14.0. The molecule has 0 spiro atoms. The molecule has 8 nitrogen and oxygen atoms in total. The van der Waals surface area contributed by atoms with Crippen molar-refractivity contribution >= 4 is 21.8 Å². The summed E-state index contributed by atoms with van der Waals surface area (Å²) in [6.07, 6.45) is 4.13. The summed E-state index contributed by atoms with van der Waals surface area (Å²) >= 11 is 0. The van der Waals surface area contributed by atoms with E-state index in [9.17, 15) is 18.0 Å². The van der Waals surface area contributed by atoms with Crippen molar-refractivity contribution < 1.29 is 18.0 Å². The van der Waals surface area contributed by atoms with Gasteiger partial charge in [0.1, 0.15) is 0 Å². The average Bonchev–Trinajstić information content (AvgIpc) is 2.88. The first-order chi connectivity index (χ1) is 15.9. The number of nitrogens with one attached hydrogen (secondary N) is 1. The Labute approximate surface area is 196 Å². The van der Waals surface area contributed by atoms with Gasteiger partial charge in [0.05, 0.1) is 4.90 Å². The lowest BCUT2D eigenvalue weighted by Gasteiger charge is -2.25. The van der Waals surface area contributed by atoms with Crippen LogP contribution in [0, 0.1) is 5.92 Å². The first kappa shape index (κ1) is 24.9. The van der Waals surface area contributed by atoms with Gasteiger partial charge in [-0.05, 0) is 43.5 Å². The van der Waals surface area contributed by atoms with Crippen molar-refractivity contribution in [2.45, 2.75) is 37.0 Å². The molecule has 1 N–H and O–H groups in total. The minimum absolute atomic E-state index is 0.0110. The van der Waals surface area contributed by atoms with Crippen LogP contribution in [0.4, 0.5) is 0 Å². The predicted octanol–water partition coefficient (Wildman–Crippen LogP) is 2.08. The smallest absolute Gasteiger partial charge is 0.243 e. The van der Waals surface area contributed by atoms with Gasteiger partial charge in [0, 0.05) is 63.9 Å². The fraction of sp³-hybridized carbons (Fsp3) is 0.458. The zero-order valence-corrected chi connectivity index (χ0v) is 19.8. The number of likely N-dealkylation sites (N-methyl/N-ethyl adjacent to an activating group) is 1. The molecule has 1 aliphatic rings. The summed E-state index contributed by atoms with van der Waals surface area (Å²) in [5, 5.41) is 2.83. The largest absolute Gasteiger partial charge is 0.356 e. The number of hydrogen-bond acceptors (Lipinski definition) is 5. The minimum atomic E-state index is -3.71. The molecule has 1 unspecified atom stereocenters. The van der Waals surface area contributed by atoms with E-state index in [1.807, 2.05) is 18.2 Å². The molecular weight excluding hydrogens is 440 g/mol. The lowest BCUT2D eigenvalue weighted by atomic mass is 9.97. The number of aromatic nitrogens is 1. The maximum absolute atomic E-state index is 13.1. The summed E-state index contributed by atoms with van der Waals surface area (Å²) in [5.41, 5.74) is 0.925. The van der Waals surface area contributed by atoms with E-state index in [1.54, 1.807) is 48.5 Å². The van der Waals surface area contributed by atoms with E-state index in [2.05, 4.69) is 10.3 Å². The number of nitrogens with zero attached hydrogens (tertiary/aromatic N) is 3. The maximum atomic E-state index is 13.1. The lowest BCUT2D eigenvalue weighted by Crippen LogP contribution is -2.36. The summed E-state index contributed by atoms with van der Waals surface area (Å²) in [4.78, 5) is 31.6. The second-order valence-corrected chi connectivity index (χ2v) is 10.2. The number of carbonyl (C=O) groups excluding carboxylic acids is 2. The van der Waals surface area contributed by atoms with Crippen molar-refractivity contribution in [3.63, 3.8) is 0 Å². The van der Waals surface area contributed by atoms with Gasteiger partial charge < -0.3 is 10.2 Å². The van der Waals surface area contributed by atoms with Gasteiger partial charge in [-0.3, -0.25) is 14.6 Å². The van der Waals surface area contributed by atoms with Gasteiger partial charge in [0.25, 0.3) is 0 Å². The van der Waals surface area contributed by atoms with Crippen molar-refractivity contribution in [3.8, 4) is 0 Å². The van der Waals surface area contributed by atoms with E-state index < -0.39 is 10.0 Å². The second-order valence-electron chi connectivity index (χ2n) is 8.28. The highest BCUT2D eigenvalue weighted by Gasteiger charge is 2.27. The molecule has 178 valence electrons. The van der Waals surface area contributed by atoms with Crippen LogP contribution in [0.5, 0.6) is 0 Å². The van der Waals surface area contributed by atoms with Crippen molar-refractivity contribution in [1.29, 1.82) is 0 Å². The third-order valence-electron chi connectivity index (χ3n) is 5.90. The monoisotopic (exact) mass is 472 g/mol. The van der Waals surface area contributed by atoms with E-state index >= 15 is 0 Å². The van der Waals surface area contributed by atoms with Crippen LogP contribution < -0.4 is 5.32 Å². The third-order valence-corrected chi connectivity index (χ3v) is 7.81. The Bertz CT molecular complexity index is 1020. The fourth-order valence-electron chi connectivity index (χ4n) is 3.95. The van der Waals surface area contributed by atoms with Gasteiger partial charge >= 0.3 is 0 Å². The SMILES string of the molecule is CN(CCc1ccccn1)C(=O)C1CCCN(S(=O)(=O)c2ccccc2)CCC(=O)NCC1. The van der Waals surface area contributed by atoms with Crippen LogP contribution in [0.2, 0.25) is 0 Å². The van der Waals surface area contributed by atoms with E-state index in [0.29, 0.717) is 38.8 Å². The normalized spacial score (nSPS) is 18.7. The van der Waals surface area contributed by atoms with Crippen molar-refractivity contribution in [2.75, 3.05) is 33.2 Å². The van der Waals surface area contributed by atoms with Gasteiger partial charge in [-0.2, -0.15) is 4.31 Å². The Kier molecular flexibility index (Phi) is 8.96. The summed E-state index contributed by atoms with van der Waals surface area (Å²) < 4.78 is 27.6. The van der Waals surface area contributed by atoms with Crippen molar-refractivity contribution in [2.24, 2.45) is 5.92 Å². The van der Waals surface area contributed by atoms with Crippen LogP contribution in [-0.4, -0.2) is 67.6 Å². The molecule has 1 fully saturated rings. The molecule has 2 amide bonds. The summed E-state index contributed by atoms with van der Waals surface area (Å²) in [6.45, 7) is 1.33. The Morgan fingerprint density at radius 1 is 1.12 bits per heavy atom. The highest BCUT2D eigenvalue weighted by Crippen LogP contribution is 2.20. The number of amides is 2. The highest BCUT2D eigenvalue weighted by atomic mass is 32.2.